The van der Waals surface area contributed by atoms with Crippen LogP contribution in [0.5, 0.6) is 0 Å². The van der Waals surface area contributed by atoms with Crippen LogP contribution in [0, 0.1) is 16.5 Å². The molecular weight excluding hydrogens is 428 g/mol. The number of aliphatic hydroxyl groups is 1. The quantitative estimate of drug-likeness (QED) is 0.236. The Hall–Kier alpha value is -3.26. The Morgan fingerprint density at radius 1 is 1.12 bits per heavy atom. The summed E-state index contributed by atoms with van der Waals surface area (Å²) in [5, 5.41) is 34.2. The van der Waals surface area contributed by atoms with Crippen molar-refractivity contribution in [2.45, 2.75) is 31.8 Å². The number of hydrogen-bond acceptors (Lipinski definition) is 4. The summed E-state index contributed by atoms with van der Waals surface area (Å²) in [6, 6.07) is 18.4. The molecule has 7 nitrogen and oxygen atoms in total. The van der Waals surface area contributed by atoms with Gasteiger partial charge in [-0.25, -0.2) is 0 Å². The summed E-state index contributed by atoms with van der Waals surface area (Å²) < 4.78 is -0.788. The number of quaternary nitrogens is 1. The third-order valence-corrected chi connectivity index (χ3v) is 7.48. The second-order valence-corrected chi connectivity index (χ2v) is 9.52. The van der Waals surface area contributed by atoms with Crippen LogP contribution < -0.4 is 10.4 Å². The zero-order valence-electron chi connectivity index (χ0n) is 19.1. The molecule has 1 amide bonds. The van der Waals surface area contributed by atoms with E-state index in [1.807, 2.05) is 48.5 Å². The van der Waals surface area contributed by atoms with Gasteiger partial charge in [-0.15, -0.1) is 0 Å². The molecule has 3 aromatic carbocycles. The van der Waals surface area contributed by atoms with Gasteiger partial charge in [0.05, 0.1) is 0 Å². The molecule has 34 heavy (non-hydrogen) atoms. The van der Waals surface area contributed by atoms with E-state index >= 15 is 0 Å². The fourth-order valence-corrected chi connectivity index (χ4v) is 5.47. The molecule has 3 aromatic rings. The Labute approximate surface area is 199 Å². The van der Waals surface area contributed by atoms with Gasteiger partial charge in [-0.1, -0.05) is 54.6 Å². The summed E-state index contributed by atoms with van der Waals surface area (Å²) in [6.45, 7) is 1.38. The first-order valence-electron chi connectivity index (χ1n) is 11.8. The van der Waals surface area contributed by atoms with Gasteiger partial charge in [0, 0.05) is 48.9 Å². The standard InChI is InChI=1S/C27H30N4O3/c28-26(29)21-9-8-20-14-25(27(33)30-12-10-18(17-32)11-13-30)31(34,24(20)15-21)16-22-6-3-5-19-4-1-2-7-23(19)22/h1-9,15,18,25,32H,10-14,16-17H2,(H3,28,29). The lowest BCUT2D eigenvalue weighted by molar-refractivity contribution is -0.137. The number of fused-ring (bicyclic) bond motifs is 2. The van der Waals surface area contributed by atoms with Crippen LogP contribution in [0.3, 0.4) is 0 Å². The molecule has 2 aliphatic rings. The monoisotopic (exact) mass is 458 g/mol. The van der Waals surface area contributed by atoms with Gasteiger partial charge in [0.25, 0.3) is 5.91 Å². The molecule has 0 spiro atoms. The lowest BCUT2D eigenvalue weighted by Gasteiger charge is -2.45. The van der Waals surface area contributed by atoms with Gasteiger partial charge < -0.3 is 25.6 Å². The molecule has 2 atom stereocenters. The smallest absolute Gasteiger partial charge is 0.282 e. The summed E-state index contributed by atoms with van der Waals surface area (Å²) in [5.74, 6) is -0.0160. The number of nitrogen functional groups attached to an aromatic ring is 1. The van der Waals surface area contributed by atoms with E-state index in [0.717, 1.165) is 34.7 Å². The minimum atomic E-state index is -0.790. The van der Waals surface area contributed by atoms with Crippen LogP contribution in [0.2, 0.25) is 0 Å². The number of nitrogens with zero attached hydrogens (tertiary/aromatic N) is 2. The maximum Gasteiger partial charge on any atom is 0.282 e. The van der Waals surface area contributed by atoms with Crippen LogP contribution in [0.15, 0.2) is 60.7 Å². The van der Waals surface area contributed by atoms with Crippen molar-refractivity contribution < 1.29 is 9.90 Å². The Bertz CT molecular complexity index is 1250. The van der Waals surface area contributed by atoms with E-state index in [1.54, 1.807) is 17.0 Å². The van der Waals surface area contributed by atoms with Crippen molar-refractivity contribution in [3.63, 3.8) is 0 Å². The zero-order chi connectivity index (χ0) is 23.9. The minimum Gasteiger partial charge on any atom is -0.627 e. The van der Waals surface area contributed by atoms with E-state index in [9.17, 15) is 15.1 Å². The van der Waals surface area contributed by atoms with Crippen LogP contribution in [0.1, 0.15) is 29.5 Å². The maximum absolute atomic E-state index is 14.8. The SMILES string of the molecule is N=C(N)c1ccc2c(c1)[N+]([O-])(Cc1cccc3ccccc13)C(C(=O)N1CCC(CO)CC1)C2. The fraction of sp³-hybridized carbons (Fsp3) is 0.333. The predicted molar refractivity (Wildman–Crippen MR) is 134 cm³/mol. The van der Waals surface area contributed by atoms with Gasteiger partial charge in [0.15, 0.2) is 6.04 Å². The van der Waals surface area contributed by atoms with Crippen LogP contribution in [-0.2, 0) is 17.8 Å². The molecule has 0 saturated carbocycles. The Morgan fingerprint density at radius 2 is 1.85 bits per heavy atom. The van der Waals surface area contributed by atoms with Crippen LogP contribution in [0.25, 0.3) is 10.8 Å². The number of rotatable bonds is 5. The van der Waals surface area contributed by atoms with Crippen molar-refractivity contribution in [1.82, 2.24) is 9.55 Å². The average molecular weight is 459 g/mol. The van der Waals surface area contributed by atoms with Gasteiger partial charge >= 0.3 is 0 Å². The third kappa shape index (κ3) is 3.86. The number of hydrogen-bond donors (Lipinski definition) is 3. The lowest BCUT2D eigenvalue weighted by atomic mass is 9.97. The maximum atomic E-state index is 14.8. The molecule has 0 bridgehead atoms. The van der Waals surface area contributed by atoms with E-state index in [-0.39, 0.29) is 30.8 Å². The van der Waals surface area contributed by atoms with E-state index in [4.69, 9.17) is 11.1 Å². The molecule has 4 N–H and O–H groups in total. The van der Waals surface area contributed by atoms with Crippen molar-refractivity contribution in [3.8, 4) is 0 Å². The van der Waals surface area contributed by atoms with Gasteiger partial charge in [0.1, 0.15) is 18.1 Å². The van der Waals surface area contributed by atoms with Gasteiger partial charge in [-0.3, -0.25) is 10.2 Å². The van der Waals surface area contributed by atoms with Gasteiger partial charge in [-0.05, 0) is 29.5 Å². The van der Waals surface area contributed by atoms with Crippen LogP contribution in [-0.4, -0.2) is 47.5 Å². The molecule has 2 unspecified atom stereocenters. The average Bonchev–Trinajstić information content (AvgIpc) is 3.15. The summed E-state index contributed by atoms with van der Waals surface area (Å²) >= 11 is 0. The number of hydroxylamine groups is 2. The molecular formula is C27H30N4O3. The number of carbonyl (C=O) groups is 1. The molecule has 1 fully saturated rings. The molecule has 2 heterocycles. The van der Waals surface area contributed by atoms with Crippen molar-refractivity contribution in [2.24, 2.45) is 11.7 Å². The van der Waals surface area contributed by atoms with E-state index in [1.165, 1.54) is 0 Å². The van der Waals surface area contributed by atoms with Crippen LogP contribution >= 0.6 is 0 Å². The highest BCUT2D eigenvalue weighted by molar-refractivity contribution is 5.97. The Morgan fingerprint density at radius 3 is 2.59 bits per heavy atom. The fourth-order valence-electron chi connectivity index (χ4n) is 5.47. The highest BCUT2D eigenvalue weighted by Gasteiger charge is 2.47. The number of benzene rings is 3. The number of piperidine rings is 1. The summed E-state index contributed by atoms with van der Waals surface area (Å²) in [4.78, 5) is 15.5. The number of amides is 1. The number of likely N-dealkylation sites (tertiary alicyclic amines) is 1. The number of nitrogens with one attached hydrogen (secondary N) is 1. The summed E-state index contributed by atoms with van der Waals surface area (Å²) in [5.41, 5.74) is 8.48. The first kappa shape index (κ1) is 22.5. The van der Waals surface area contributed by atoms with Crippen molar-refractivity contribution in [2.75, 3.05) is 19.7 Å². The molecule has 1 saturated heterocycles. The number of nitrogens with two attached hydrogens (primary N) is 1. The molecule has 7 heteroatoms. The molecule has 2 aliphatic heterocycles. The van der Waals surface area contributed by atoms with E-state index in [2.05, 4.69) is 0 Å². The largest absolute Gasteiger partial charge is 0.627 e. The van der Waals surface area contributed by atoms with E-state index < -0.39 is 10.7 Å². The molecule has 0 aromatic heterocycles. The highest BCUT2D eigenvalue weighted by Crippen LogP contribution is 2.42. The predicted octanol–water partition coefficient (Wildman–Crippen LogP) is 3.28. The molecule has 176 valence electrons. The second-order valence-electron chi connectivity index (χ2n) is 9.52. The van der Waals surface area contributed by atoms with E-state index in [0.29, 0.717) is 30.8 Å². The molecule has 5 rings (SSSR count). The van der Waals surface area contributed by atoms with Crippen molar-refractivity contribution >= 4 is 28.2 Å². The second kappa shape index (κ2) is 8.83. The Balaban J connectivity index is 1.56. The molecule has 0 aliphatic carbocycles. The van der Waals surface area contributed by atoms with Gasteiger partial charge in [0.2, 0.25) is 0 Å². The number of amidine groups is 1. The van der Waals surface area contributed by atoms with Crippen molar-refractivity contribution in [1.29, 1.82) is 5.41 Å². The lowest BCUT2D eigenvalue weighted by Crippen LogP contribution is -2.58. The highest BCUT2D eigenvalue weighted by atomic mass is 16.6. The van der Waals surface area contributed by atoms with Crippen molar-refractivity contribution in [3.05, 3.63) is 82.6 Å². The molecule has 0 radical (unpaired) electrons. The summed E-state index contributed by atoms with van der Waals surface area (Å²) in [6.07, 6.45) is 1.86. The number of aliphatic hydroxyl groups excluding tert-OH is 1. The first-order chi connectivity index (χ1) is 16.4. The third-order valence-electron chi connectivity index (χ3n) is 7.48. The first-order valence-corrected chi connectivity index (χ1v) is 11.8. The minimum absolute atomic E-state index is 0.0969. The normalized spacial score (nSPS) is 22.6. The topological polar surface area (TPSA) is 113 Å². The zero-order valence-corrected chi connectivity index (χ0v) is 19.1. The number of carbonyl (C=O) groups excluding carboxylic acids is 1. The van der Waals surface area contributed by atoms with Crippen LogP contribution in [0.4, 0.5) is 5.69 Å². The van der Waals surface area contributed by atoms with Gasteiger partial charge in [-0.2, -0.15) is 0 Å². The Kier molecular flexibility index (Phi) is 5.85. The summed E-state index contributed by atoms with van der Waals surface area (Å²) in [7, 11) is 0.